The maximum absolute atomic E-state index is 14.3. The van der Waals surface area contributed by atoms with E-state index in [0.29, 0.717) is 36.0 Å². The van der Waals surface area contributed by atoms with Crippen molar-refractivity contribution in [2.75, 3.05) is 6.54 Å². The molecule has 0 spiro atoms. The number of hydrogen-bond donors (Lipinski definition) is 1. The van der Waals surface area contributed by atoms with Crippen molar-refractivity contribution in [2.24, 2.45) is 5.41 Å². The van der Waals surface area contributed by atoms with Gasteiger partial charge in [-0.15, -0.1) is 11.3 Å². The first-order valence-electron chi connectivity index (χ1n) is 13.3. The Labute approximate surface area is 237 Å². The van der Waals surface area contributed by atoms with Crippen LogP contribution in [-0.2, 0) is 24.4 Å². The number of hydrogen-bond acceptors (Lipinski definition) is 5. The number of thiazole rings is 1. The Morgan fingerprint density at radius 1 is 1.07 bits per heavy atom. The summed E-state index contributed by atoms with van der Waals surface area (Å²) >= 11 is 1.36. The van der Waals surface area contributed by atoms with Gasteiger partial charge in [-0.1, -0.05) is 69.3 Å². The molecule has 5 rings (SSSR count). The van der Waals surface area contributed by atoms with Gasteiger partial charge in [0.05, 0.1) is 6.04 Å². The third kappa shape index (κ3) is 6.23. The summed E-state index contributed by atoms with van der Waals surface area (Å²) in [5.74, 6) is 0.0596. The minimum atomic E-state index is -0.576. The van der Waals surface area contributed by atoms with Gasteiger partial charge in [0.25, 0.3) is 5.91 Å². The molecule has 0 fully saturated rings. The topological polar surface area (TPSA) is 71.5 Å². The summed E-state index contributed by atoms with van der Waals surface area (Å²) in [6.07, 6.45) is 0.706. The van der Waals surface area contributed by atoms with Gasteiger partial charge in [-0.3, -0.25) is 9.59 Å². The van der Waals surface area contributed by atoms with E-state index in [1.807, 2.05) is 80.3 Å². The zero-order chi connectivity index (χ0) is 28.3. The first-order valence-corrected chi connectivity index (χ1v) is 14.2. The van der Waals surface area contributed by atoms with Crippen molar-refractivity contribution in [2.45, 2.75) is 46.4 Å². The van der Waals surface area contributed by atoms with Gasteiger partial charge in [-0.2, -0.15) is 0 Å². The molecule has 1 N–H and O–H groups in total. The molecule has 8 heteroatoms. The molecule has 206 valence electrons. The number of halogens is 1. The predicted molar refractivity (Wildman–Crippen MR) is 154 cm³/mol. The smallest absolute Gasteiger partial charge is 0.271 e. The monoisotopic (exact) mass is 557 g/mol. The van der Waals surface area contributed by atoms with Crippen LogP contribution in [0.25, 0.3) is 0 Å². The van der Waals surface area contributed by atoms with E-state index in [1.54, 1.807) is 11.4 Å². The molecule has 1 aromatic heterocycles. The van der Waals surface area contributed by atoms with E-state index >= 15 is 0 Å². The summed E-state index contributed by atoms with van der Waals surface area (Å²) in [4.78, 5) is 32.3. The molecule has 0 unspecified atom stereocenters. The van der Waals surface area contributed by atoms with Crippen LogP contribution in [0.1, 0.15) is 64.6 Å². The predicted octanol–water partition coefficient (Wildman–Crippen LogP) is 6.31. The van der Waals surface area contributed by atoms with Gasteiger partial charge in [0.2, 0.25) is 5.91 Å². The highest BCUT2D eigenvalue weighted by molar-refractivity contribution is 7.09. The van der Waals surface area contributed by atoms with Crippen LogP contribution in [0, 0.1) is 11.2 Å². The van der Waals surface area contributed by atoms with Crippen molar-refractivity contribution in [3.63, 3.8) is 0 Å². The molecular weight excluding hydrogens is 525 g/mol. The first-order chi connectivity index (χ1) is 19.2. The SMILES string of the molecule is CC(C)(C)C(=O)N1CCc2ccc(OCc3nc(C(=O)NCc4ccccc4)cs3)cc2[C@H]1c1cccc(F)c1. The summed E-state index contributed by atoms with van der Waals surface area (Å²) in [7, 11) is 0. The van der Waals surface area contributed by atoms with Crippen molar-refractivity contribution < 1.29 is 18.7 Å². The summed E-state index contributed by atoms with van der Waals surface area (Å²) in [6, 6.07) is 21.6. The molecule has 0 aliphatic carbocycles. The fraction of sp³-hybridized carbons (Fsp3) is 0.281. The maximum atomic E-state index is 14.3. The van der Waals surface area contributed by atoms with Crippen molar-refractivity contribution in [1.82, 2.24) is 15.2 Å². The molecule has 1 atom stereocenters. The number of rotatable bonds is 7. The lowest BCUT2D eigenvalue weighted by molar-refractivity contribution is -0.141. The second kappa shape index (κ2) is 11.6. The third-order valence-corrected chi connectivity index (χ3v) is 7.68. The Morgan fingerprint density at radius 2 is 1.88 bits per heavy atom. The van der Waals surface area contributed by atoms with Gasteiger partial charge in [0.15, 0.2) is 0 Å². The van der Waals surface area contributed by atoms with Crippen molar-refractivity contribution in [3.8, 4) is 5.75 Å². The number of carbonyl (C=O) groups excluding carboxylic acids is 2. The van der Waals surface area contributed by atoms with E-state index in [2.05, 4.69) is 10.3 Å². The minimum Gasteiger partial charge on any atom is -0.486 e. The lowest BCUT2D eigenvalue weighted by Crippen LogP contribution is -2.45. The quantitative estimate of drug-likeness (QED) is 0.289. The van der Waals surface area contributed by atoms with E-state index in [4.69, 9.17) is 4.74 Å². The van der Waals surface area contributed by atoms with Crippen LogP contribution < -0.4 is 10.1 Å². The number of benzene rings is 3. The van der Waals surface area contributed by atoms with Crippen molar-refractivity contribution in [1.29, 1.82) is 0 Å². The highest BCUT2D eigenvalue weighted by Gasteiger charge is 2.37. The molecule has 0 radical (unpaired) electrons. The lowest BCUT2D eigenvalue weighted by atomic mass is 9.85. The van der Waals surface area contributed by atoms with Crippen molar-refractivity contribution >= 4 is 23.2 Å². The highest BCUT2D eigenvalue weighted by Crippen LogP contribution is 2.39. The Balaban J connectivity index is 1.33. The molecular formula is C32H32FN3O3S. The number of fused-ring (bicyclic) bond motifs is 1. The number of nitrogens with one attached hydrogen (secondary N) is 1. The second-order valence-electron chi connectivity index (χ2n) is 10.9. The molecule has 2 heterocycles. The van der Waals surface area contributed by atoms with Gasteiger partial charge in [0, 0.05) is 23.9 Å². The molecule has 3 aromatic carbocycles. The van der Waals surface area contributed by atoms with E-state index in [1.165, 1.54) is 23.5 Å². The molecule has 2 amide bonds. The van der Waals surface area contributed by atoms with Crippen LogP contribution >= 0.6 is 11.3 Å². The number of ether oxygens (including phenoxy) is 1. The van der Waals surface area contributed by atoms with Crippen LogP contribution in [0.3, 0.4) is 0 Å². The minimum absolute atomic E-state index is 0.0135. The molecule has 1 aliphatic heterocycles. The molecule has 0 saturated heterocycles. The molecule has 1 aliphatic rings. The number of carbonyl (C=O) groups is 2. The fourth-order valence-electron chi connectivity index (χ4n) is 4.86. The Hall–Kier alpha value is -4.04. The maximum Gasteiger partial charge on any atom is 0.271 e. The standard InChI is InChI=1S/C32H32FN3O3S/c1-32(2,3)31(38)36-15-14-22-12-13-25(17-26(22)29(36)23-10-7-11-24(33)16-23)39-19-28-35-27(20-40-28)30(37)34-18-21-8-5-4-6-9-21/h4-13,16-17,20,29H,14-15,18-19H2,1-3H3,(H,34,37)/t29-/m1/s1. The van der Waals surface area contributed by atoms with Crippen molar-refractivity contribution in [3.05, 3.63) is 117 Å². The molecule has 0 saturated carbocycles. The van der Waals surface area contributed by atoms with E-state index in [0.717, 1.165) is 22.3 Å². The Morgan fingerprint density at radius 3 is 2.62 bits per heavy atom. The molecule has 40 heavy (non-hydrogen) atoms. The van der Waals surface area contributed by atoms with Gasteiger partial charge in [-0.05, 0) is 52.9 Å². The largest absolute Gasteiger partial charge is 0.486 e. The highest BCUT2D eigenvalue weighted by atomic mass is 32.1. The van der Waals surface area contributed by atoms with Gasteiger partial charge >= 0.3 is 0 Å². The van der Waals surface area contributed by atoms with E-state index < -0.39 is 11.5 Å². The van der Waals surface area contributed by atoms with E-state index in [9.17, 15) is 14.0 Å². The third-order valence-electron chi connectivity index (χ3n) is 6.86. The number of aromatic nitrogens is 1. The summed E-state index contributed by atoms with van der Waals surface area (Å²) in [6.45, 7) is 6.88. The van der Waals surface area contributed by atoms with Crippen LogP contribution in [-0.4, -0.2) is 28.2 Å². The van der Waals surface area contributed by atoms with Gasteiger partial charge in [-0.25, -0.2) is 9.37 Å². The zero-order valence-electron chi connectivity index (χ0n) is 22.8. The lowest BCUT2D eigenvalue weighted by Gasteiger charge is -2.41. The normalized spacial score (nSPS) is 14.9. The van der Waals surface area contributed by atoms with E-state index in [-0.39, 0.29) is 24.2 Å². The number of nitrogens with zero attached hydrogens (tertiary/aromatic N) is 2. The number of amides is 2. The average molecular weight is 558 g/mol. The second-order valence-corrected chi connectivity index (χ2v) is 11.8. The first kappa shape index (κ1) is 27.5. The zero-order valence-corrected chi connectivity index (χ0v) is 23.6. The summed E-state index contributed by atoms with van der Waals surface area (Å²) < 4.78 is 20.4. The van der Waals surface area contributed by atoms with Crippen LogP contribution in [0.15, 0.2) is 78.2 Å². The van der Waals surface area contributed by atoms with Gasteiger partial charge < -0.3 is 15.0 Å². The molecule has 0 bridgehead atoms. The Kier molecular flexibility index (Phi) is 7.98. The Bertz CT molecular complexity index is 1510. The molecule has 6 nitrogen and oxygen atoms in total. The van der Waals surface area contributed by atoms with Gasteiger partial charge in [0.1, 0.15) is 28.9 Å². The van der Waals surface area contributed by atoms with Crippen LogP contribution in [0.5, 0.6) is 5.75 Å². The van der Waals surface area contributed by atoms with Crippen LogP contribution in [0.4, 0.5) is 4.39 Å². The average Bonchev–Trinajstić information content (AvgIpc) is 3.43. The molecule has 4 aromatic rings. The fourth-order valence-corrected chi connectivity index (χ4v) is 5.55. The summed E-state index contributed by atoms with van der Waals surface area (Å²) in [5, 5.41) is 5.29. The summed E-state index contributed by atoms with van der Waals surface area (Å²) in [5.41, 5.74) is 3.54. The van der Waals surface area contributed by atoms with Crippen LogP contribution in [0.2, 0.25) is 0 Å².